The molecule has 0 bridgehead atoms. The van der Waals surface area contributed by atoms with E-state index in [0.717, 1.165) is 37.5 Å². The van der Waals surface area contributed by atoms with Crippen LogP contribution in [0.15, 0.2) is 23.1 Å². The van der Waals surface area contributed by atoms with Crippen molar-refractivity contribution < 1.29 is 17.6 Å². The molecule has 1 aliphatic carbocycles. The van der Waals surface area contributed by atoms with Crippen molar-refractivity contribution in [1.82, 2.24) is 4.90 Å². The molecule has 116 valence electrons. The van der Waals surface area contributed by atoms with Gasteiger partial charge in [0, 0.05) is 29.3 Å². The van der Waals surface area contributed by atoms with Crippen molar-refractivity contribution in [3.8, 4) is 0 Å². The number of carbonyl (C=O) groups excluding carboxylic acids is 1. The van der Waals surface area contributed by atoms with Gasteiger partial charge in [-0.2, -0.15) is 0 Å². The summed E-state index contributed by atoms with van der Waals surface area (Å²) in [7, 11) is 1.15. The standard InChI is InChI=1S/C14H17ClFNO3S/c1-2-5-17(9-10-3-4-10)14(18)11-6-12(16)8-13(7-11)21(15,19)20/h6-8,10H,2-5,9H2,1H3. The molecule has 0 radical (unpaired) electrons. The quantitative estimate of drug-likeness (QED) is 0.752. The summed E-state index contributed by atoms with van der Waals surface area (Å²) in [5.74, 6) is -0.641. The van der Waals surface area contributed by atoms with Crippen molar-refractivity contribution in [2.24, 2.45) is 5.92 Å². The van der Waals surface area contributed by atoms with Crippen molar-refractivity contribution in [3.05, 3.63) is 29.6 Å². The third kappa shape index (κ3) is 4.41. The van der Waals surface area contributed by atoms with E-state index in [1.807, 2.05) is 6.92 Å². The van der Waals surface area contributed by atoms with Gasteiger partial charge in [-0.15, -0.1) is 0 Å². The first-order chi connectivity index (χ1) is 9.81. The van der Waals surface area contributed by atoms with Gasteiger partial charge in [-0.05, 0) is 43.4 Å². The van der Waals surface area contributed by atoms with Crippen LogP contribution in [0.2, 0.25) is 0 Å². The number of hydrogen-bond donors (Lipinski definition) is 0. The van der Waals surface area contributed by atoms with Gasteiger partial charge in [0.1, 0.15) is 5.82 Å². The summed E-state index contributed by atoms with van der Waals surface area (Å²) in [4.78, 5) is 13.7. The van der Waals surface area contributed by atoms with Crippen LogP contribution in [0, 0.1) is 11.7 Å². The number of halogens is 2. The molecule has 1 saturated carbocycles. The summed E-state index contributed by atoms with van der Waals surface area (Å²) in [5, 5.41) is 0. The summed E-state index contributed by atoms with van der Waals surface area (Å²) in [5.41, 5.74) is 0.0170. The van der Waals surface area contributed by atoms with E-state index in [1.165, 1.54) is 0 Å². The molecule has 21 heavy (non-hydrogen) atoms. The number of amides is 1. The molecule has 4 nitrogen and oxygen atoms in total. The molecule has 1 aliphatic rings. The first kappa shape index (κ1) is 16.2. The molecule has 0 unspecified atom stereocenters. The molecular weight excluding hydrogens is 317 g/mol. The number of benzene rings is 1. The van der Waals surface area contributed by atoms with Crippen molar-refractivity contribution in [1.29, 1.82) is 0 Å². The Kier molecular flexibility index (Phi) is 4.88. The van der Waals surface area contributed by atoms with Gasteiger partial charge in [-0.3, -0.25) is 4.79 Å². The predicted molar refractivity (Wildman–Crippen MR) is 78.4 cm³/mol. The lowest BCUT2D eigenvalue weighted by molar-refractivity contribution is 0.0747. The molecule has 0 aromatic heterocycles. The van der Waals surface area contributed by atoms with Crippen molar-refractivity contribution in [2.75, 3.05) is 13.1 Å². The molecule has 0 aliphatic heterocycles. The van der Waals surface area contributed by atoms with Crippen molar-refractivity contribution in [3.63, 3.8) is 0 Å². The van der Waals surface area contributed by atoms with Gasteiger partial charge in [0.15, 0.2) is 0 Å². The molecule has 0 atom stereocenters. The minimum absolute atomic E-state index is 0.0170. The fraction of sp³-hybridized carbons (Fsp3) is 0.500. The Hall–Kier alpha value is -1.14. The highest BCUT2D eigenvalue weighted by Crippen LogP contribution is 2.30. The normalized spacial score (nSPS) is 15.0. The summed E-state index contributed by atoms with van der Waals surface area (Å²) < 4.78 is 36.2. The maximum Gasteiger partial charge on any atom is 0.261 e. The van der Waals surface area contributed by atoms with Gasteiger partial charge >= 0.3 is 0 Å². The number of hydrogen-bond acceptors (Lipinski definition) is 3. The van der Waals surface area contributed by atoms with Crippen LogP contribution in [0.1, 0.15) is 36.5 Å². The summed E-state index contributed by atoms with van der Waals surface area (Å²) in [6.07, 6.45) is 2.98. The molecule has 1 aromatic carbocycles. The van der Waals surface area contributed by atoms with Crippen LogP contribution in [-0.2, 0) is 9.05 Å². The van der Waals surface area contributed by atoms with Crippen LogP contribution in [-0.4, -0.2) is 32.3 Å². The summed E-state index contributed by atoms with van der Waals surface area (Å²) >= 11 is 0. The van der Waals surface area contributed by atoms with E-state index >= 15 is 0 Å². The van der Waals surface area contributed by atoms with E-state index in [-0.39, 0.29) is 11.5 Å². The highest BCUT2D eigenvalue weighted by Gasteiger charge is 2.27. The van der Waals surface area contributed by atoms with Crippen LogP contribution in [0.4, 0.5) is 4.39 Å². The third-order valence-electron chi connectivity index (χ3n) is 3.36. The second-order valence-corrected chi connectivity index (χ2v) is 7.87. The highest BCUT2D eigenvalue weighted by atomic mass is 35.7. The Morgan fingerprint density at radius 3 is 2.57 bits per heavy atom. The Morgan fingerprint density at radius 1 is 1.38 bits per heavy atom. The zero-order chi connectivity index (χ0) is 15.6. The lowest BCUT2D eigenvalue weighted by atomic mass is 10.1. The molecule has 0 spiro atoms. The third-order valence-corrected chi connectivity index (χ3v) is 4.69. The fourth-order valence-electron chi connectivity index (χ4n) is 2.17. The minimum Gasteiger partial charge on any atom is -0.338 e. The van der Waals surface area contributed by atoms with Gasteiger partial charge < -0.3 is 4.90 Å². The molecule has 0 heterocycles. The van der Waals surface area contributed by atoms with Crippen molar-refractivity contribution in [2.45, 2.75) is 31.1 Å². The molecule has 0 saturated heterocycles. The van der Waals surface area contributed by atoms with Crippen LogP contribution in [0.3, 0.4) is 0 Å². The molecule has 2 rings (SSSR count). The van der Waals surface area contributed by atoms with Gasteiger partial charge in [0.2, 0.25) is 0 Å². The lowest BCUT2D eigenvalue weighted by Gasteiger charge is -2.22. The van der Waals surface area contributed by atoms with Crippen molar-refractivity contribution >= 4 is 25.6 Å². The molecule has 7 heteroatoms. The van der Waals surface area contributed by atoms with Crippen LogP contribution < -0.4 is 0 Å². The van der Waals surface area contributed by atoms with Gasteiger partial charge in [-0.1, -0.05) is 6.92 Å². The van der Waals surface area contributed by atoms with Gasteiger partial charge in [0.25, 0.3) is 15.0 Å². The summed E-state index contributed by atoms with van der Waals surface area (Å²) in [6.45, 7) is 3.15. The Balaban J connectivity index is 2.29. The van der Waals surface area contributed by atoms with Crippen LogP contribution in [0.5, 0.6) is 0 Å². The van der Waals surface area contributed by atoms with Gasteiger partial charge in [0.05, 0.1) is 4.90 Å². The Labute approximate surface area is 128 Å². The number of nitrogens with zero attached hydrogens (tertiary/aromatic N) is 1. The van der Waals surface area contributed by atoms with E-state index < -0.39 is 19.8 Å². The first-order valence-corrected chi connectivity index (χ1v) is 9.16. The topological polar surface area (TPSA) is 54.5 Å². The smallest absolute Gasteiger partial charge is 0.261 e. The zero-order valence-corrected chi connectivity index (χ0v) is 13.3. The molecule has 1 fully saturated rings. The van der Waals surface area contributed by atoms with E-state index in [1.54, 1.807) is 4.90 Å². The Bertz CT molecular complexity index is 644. The fourth-order valence-corrected chi connectivity index (χ4v) is 2.96. The van der Waals surface area contributed by atoms with E-state index in [9.17, 15) is 17.6 Å². The predicted octanol–water partition coefficient (Wildman–Crippen LogP) is 3.02. The maximum atomic E-state index is 13.5. The monoisotopic (exact) mass is 333 g/mol. The van der Waals surface area contributed by atoms with Gasteiger partial charge in [-0.25, -0.2) is 12.8 Å². The highest BCUT2D eigenvalue weighted by molar-refractivity contribution is 8.13. The first-order valence-electron chi connectivity index (χ1n) is 6.85. The second-order valence-electron chi connectivity index (χ2n) is 5.31. The zero-order valence-electron chi connectivity index (χ0n) is 11.7. The maximum absolute atomic E-state index is 13.5. The lowest BCUT2D eigenvalue weighted by Crippen LogP contribution is -2.33. The number of carbonyl (C=O) groups is 1. The Morgan fingerprint density at radius 2 is 2.05 bits per heavy atom. The number of rotatable bonds is 6. The van der Waals surface area contributed by atoms with E-state index in [2.05, 4.69) is 0 Å². The van der Waals surface area contributed by atoms with Crippen LogP contribution in [0.25, 0.3) is 0 Å². The SMILES string of the molecule is CCCN(CC1CC1)C(=O)c1cc(F)cc(S(=O)(=O)Cl)c1. The van der Waals surface area contributed by atoms with E-state index in [0.29, 0.717) is 19.0 Å². The largest absolute Gasteiger partial charge is 0.338 e. The molecule has 0 N–H and O–H groups in total. The molecule has 1 aromatic rings. The summed E-state index contributed by atoms with van der Waals surface area (Å²) in [6, 6.07) is 2.98. The van der Waals surface area contributed by atoms with Crippen LogP contribution >= 0.6 is 10.7 Å². The second kappa shape index (κ2) is 6.32. The molecular formula is C14H17ClFNO3S. The van der Waals surface area contributed by atoms with E-state index in [4.69, 9.17) is 10.7 Å². The average molecular weight is 334 g/mol. The minimum atomic E-state index is -4.07. The molecule has 1 amide bonds. The average Bonchev–Trinajstić information content (AvgIpc) is 3.19.